The number of nitrogens with zero attached hydrogens (tertiary/aromatic N) is 1. The first-order chi connectivity index (χ1) is 9.60. The fourth-order valence-corrected chi connectivity index (χ4v) is 2.84. The third-order valence-corrected chi connectivity index (χ3v) is 4.01. The van der Waals surface area contributed by atoms with Crippen molar-refractivity contribution < 1.29 is 9.66 Å². The van der Waals surface area contributed by atoms with Crippen molar-refractivity contribution in [2.75, 3.05) is 19.0 Å². The van der Waals surface area contributed by atoms with Gasteiger partial charge in [-0.2, -0.15) is 0 Å². The predicted octanol–water partition coefficient (Wildman–Crippen LogP) is 3.97. The predicted molar refractivity (Wildman–Crippen MR) is 81.2 cm³/mol. The fourth-order valence-electron chi connectivity index (χ4n) is 1.75. The summed E-state index contributed by atoms with van der Waals surface area (Å²) in [7, 11) is 1.53. The average Bonchev–Trinajstić information content (AvgIpc) is 2.84. The van der Waals surface area contributed by atoms with Crippen molar-refractivity contribution in [1.82, 2.24) is 0 Å². The van der Waals surface area contributed by atoms with Crippen molar-refractivity contribution in [2.24, 2.45) is 0 Å². The molecule has 5 nitrogen and oxygen atoms in total. The summed E-state index contributed by atoms with van der Waals surface area (Å²) in [6.07, 6.45) is 0.756. The summed E-state index contributed by atoms with van der Waals surface area (Å²) in [4.78, 5) is 11.7. The molecule has 0 bridgehead atoms. The second-order valence-electron chi connectivity index (χ2n) is 4.02. The second-order valence-corrected chi connectivity index (χ2v) is 5.82. The molecule has 0 fully saturated rings. The molecule has 20 heavy (non-hydrogen) atoms. The molecule has 1 aromatic carbocycles. The number of anilines is 1. The largest absolute Gasteiger partial charge is 0.497 e. The van der Waals surface area contributed by atoms with E-state index in [0.29, 0.717) is 18.0 Å². The SMILES string of the molecule is COc1ccc([N+](=O)[O-])c(NCCc2ccc(Cl)s2)c1. The van der Waals surface area contributed by atoms with Crippen LogP contribution in [0.2, 0.25) is 4.34 Å². The molecule has 2 rings (SSSR count). The molecule has 0 saturated carbocycles. The highest BCUT2D eigenvalue weighted by molar-refractivity contribution is 7.16. The van der Waals surface area contributed by atoms with Crippen molar-refractivity contribution in [3.8, 4) is 5.75 Å². The van der Waals surface area contributed by atoms with Crippen LogP contribution in [0.3, 0.4) is 0 Å². The highest BCUT2D eigenvalue weighted by Gasteiger charge is 2.14. The Morgan fingerprint density at radius 2 is 2.20 bits per heavy atom. The molecule has 0 aliphatic rings. The number of nitro benzene ring substituents is 1. The lowest BCUT2D eigenvalue weighted by Crippen LogP contribution is -2.06. The summed E-state index contributed by atoms with van der Waals surface area (Å²) in [5.41, 5.74) is 0.493. The minimum absolute atomic E-state index is 0.0370. The quantitative estimate of drug-likeness (QED) is 0.647. The molecule has 0 aliphatic carbocycles. The Kier molecular flexibility index (Phi) is 4.81. The summed E-state index contributed by atoms with van der Waals surface area (Å²) in [5, 5.41) is 14.0. The van der Waals surface area contributed by atoms with E-state index in [4.69, 9.17) is 16.3 Å². The van der Waals surface area contributed by atoms with Gasteiger partial charge in [-0.3, -0.25) is 10.1 Å². The Balaban J connectivity index is 2.05. The number of halogens is 1. The van der Waals surface area contributed by atoms with Gasteiger partial charge in [0, 0.05) is 23.6 Å². The van der Waals surface area contributed by atoms with Gasteiger partial charge in [0.15, 0.2) is 0 Å². The Morgan fingerprint density at radius 1 is 1.40 bits per heavy atom. The van der Waals surface area contributed by atoms with Crippen LogP contribution in [0, 0.1) is 10.1 Å². The minimum Gasteiger partial charge on any atom is -0.497 e. The summed E-state index contributed by atoms with van der Waals surface area (Å²) in [5.74, 6) is 0.581. The number of nitrogens with one attached hydrogen (secondary N) is 1. The summed E-state index contributed by atoms with van der Waals surface area (Å²) >= 11 is 7.36. The van der Waals surface area contributed by atoms with Gasteiger partial charge >= 0.3 is 0 Å². The molecular formula is C13H13ClN2O3S. The molecule has 7 heteroatoms. The zero-order chi connectivity index (χ0) is 14.5. The van der Waals surface area contributed by atoms with Gasteiger partial charge in [-0.1, -0.05) is 11.6 Å². The first kappa shape index (κ1) is 14.6. The molecule has 0 radical (unpaired) electrons. The summed E-state index contributed by atoms with van der Waals surface area (Å²) < 4.78 is 5.82. The van der Waals surface area contributed by atoms with Gasteiger partial charge in [-0.25, -0.2) is 0 Å². The van der Waals surface area contributed by atoms with Gasteiger partial charge < -0.3 is 10.1 Å². The summed E-state index contributed by atoms with van der Waals surface area (Å²) in [6, 6.07) is 8.43. The van der Waals surface area contributed by atoms with Gasteiger partial charge in [0.05, 0.1) is 16.4 Å². The van der Waals surface area contributed by atoms with E-state index in [1.165, 1.54) is 24.5 Å². The molecule has 0 unspecified atom stereocenters. The standard InChI is InChI=1S/C13H13ClN2O3S/c1-19-9-2-4-12(16(17)18)11(8-9)15-7-6-10-3-5-13(14)20-10/h2-5,8,15H,6-7H2,1H3. The van der Waals surface area contributed by atoms with Crippen LogP contribution in [-0.2, 0) is 6.42 Å². The molecule has 0 spiro atoms. The van der Waals surface area contributed by atoms with Crippen LogP contribution in [-0.4, -0.2) is 18.6 Å². The fraction of sp³-hybridized carbons (Fsp3) is 0.231. The molecule has 106 valence electrons. The first-order valence-corrected chi connectivity index (χ1v) is 7.10. The lowest BCUT2D eigenvalue weighted by Gasteiger charge is -2.08. The van der Waals surface area contributed by atoms with Gasteiger partial charge in [-0.15, -0.1) is 11.3 Å². The van der Waals surface area contributed by atoms with Crippen LogP contribution in [0.4, 0.5) is 11.4 Å². The van der Waals surface area contributed by atoms with E-state index in [1.807, 2.05) is 12.1 Å². The number of methoxy groups -OCH3 is 1. The lowest BCUT2D eigenvalue weighted by atomic mass is 10.2. The Morgan fingerprint density at radius 3 is 2.80 bits per heavy atom. The van der Waals surface area contributed by atoms with E-state index in [-0.39, 0.29) is 5.69 Å². The van der Waals surface area contributed by atoms with Crippen LogP contribution in [0.5, 0.6) is 5.75 Å². The van der Waals surface area contributed by atoms with Gasteiger partial charge in [-0.05, 0) is 24.6 Å². The molecular weight excluding hydrogens is 300 g/mol. The molecule has 0 amide bonds. The number of nitro groups is 1. The van der Waals surface area contributed by atoms with E-state index < -0.39 is 4.92 Å². The molecule has 1 aromatic heterocycles. The maximum Gasteiger partial charge on any atom is 0.292 e. The number of benzene rings is 1. The van der Waals surface area contributed by atoms with E-state index in [0.717, 1.165) is 15.6 Å². The smallest absolute Gasteiger partial charge is 0.292 e. The number of hydrogen-bond donors (Lipinski definition) is 1. The van der Waals surface area contributed by atoms with Gasteiger partial charge in [0.1, 0.15) is 11.4 Å². The van der Waals surface area contributed by atoms with E-state index in [1.54, 1.807) is 12.1 Å². The van der Waals surface area contributed by atoms with E-state index >= 15 is 0 Å². The minimum atomic E-state index is -0.413. The topological polar surface area (TPSA) is 64.4 Å². The molecule has 0 atom stereocenters. The number of ether oxygens (including phenoxy) is 1. The molecule has 1 heterocycles. The Labute approximate surface area is 125 Å². The average molecular weight is 313 g/mol. The molecule has 1 N–H and O–H groups in total. The molecule has 0 saturated heterocycles. The van der Waals surface area contributed by atoms with Crippen molar-refractivity contribution >= 4 is 34.3 Å². The van der Waals surface area contributed by atoms with Crippen LogP contribution in [0.25, 0.3) is 0 Å². The first-order valence-electron chi connectivity index (χ1n) is 5.90. The van der Waals surface area contributed by atoms with Crippen LogP contribution in [0.15, 0.2) is 30.3 Å². The normalized spacial score (nSPS) is 10.3. The Bertz CT molecular complexity index is 615. The highest BCUT2D eigenvalue weighted by atomic mass is 35.5. The van der Waals surface area contributed by atoms with E-state index in [2.05, 4.69) is 5.32 Å². The van der Waals surface area contributed by atoms with Crippen LogP contribution in [0.1, 0.15) is 4.88 Å². The molecule has 2 aromatic rings. The summed E-state index contributed by atoms with van der Waals surface area (Å²) in [6.45, 7) is 0.588. The van der Waals surface area contributed by atoms with Gasteiger partial charge in [0.2, 0.25) is 0 Å². The van der Waals surface area contributed by atoms with E-state index in [9.17, 15) is 10.1 Å². The maximum atomic E-state index is 11.0. The van der Waals surface area contributed by atoms with Gasteiger partial charge in [0.25, 0.3) is 5.69 Å². The Hall–Kier alpha value is -1.79. The van der Waals surface area contributed by atoms with Crippen LogP contribution >= 0.6 is 22.9 Å². The number of thiophene rings is 1. The highest BCUT2D eigenvalue weighted by Crippen LogP contribution is 2.29. The van der Waals surface area contributed by atoms with Crippen molar-refractivity contribution in [3.05, 3.63) is 49.7 Å². The number of hydrogen-bond acceptors (Lipinski definition) is 5. The monoisotopic (exact) mass is 312 g/mol. The zero-order valence-electron chi connectivity index (χ0n) is 10.8. The third-order valence-electron chi connectivity index (χ3n) is 2.72. The lowest BCUT2D eigenvalue weighted by molar-refractivity contribution is -0.384. The number of rotatable bonds is 6. The van der Waals surface area contributed by atoms with Crippen molar-refractivity contribution in [2.45, 2.75) is 6.42 Å². The second kappa shape index (κ2) is 6.58. The maximum absolute atomic E-state index is 11.0. The van der Waals surface area contributed by atoms with Crippen molar-refractivity contribution in [3.63, 3.8) is 0 Å². The molecule has 0 aliphatic heterocycles. The zero-order valence-corrected chi connectivity index (χ0v) is 12.3. The third kappa shape index (κ3) is 3.61. The van der Waals surface area contributed by atoms with Crippen LogP contribution < -0.4 is 10.1 Å². The van der Waals surface area contributed by atoms with Crippen molar-refractivity contribution in [1.29, 1.82) is 0 Å².